The zero-order valence-electron chi connectivity index (χ0n) is 8.58. The molecule has 0 N–H and O–H groups in total. The van der Waals surface area contributed by atoms with Crippen LogP contribution in [0.4, 0.5) is 0 Å². The largest absolute Gasteiger partial charge is 0.381 e. The van der Waals surface area contributed by atoms with Crippen LogP contribution in [0, 0.1) is 0 Å². The molecule has 1 amide bonds. The van der Waals surface area contributed by atoms with Gasteiger partial charge in [0.2, 0.25) is 5.91 Å². The van der Waals surface area contributed by atoms with Crippen LogP contribution in [0.1, 0.15) is 32.6 Å². The lowest BCUT2D eigenvalue weighted by atomic mass is 10.1. The molecule has 3 heteroatoms. The lowest BCUT2D eigenvalue weighted by Crippen LogP contribution is -2.37. The summed E-state index contributed by atoms with van der Waals surface area (Å²) in [7, 11) is 1.65. The molecular weight excluding hydrogens is 166 g/mol. The Balaban J connectivity index is 2.29. The molecule has 0 aliphatic carbocycles. The number of hydrogen-bond donors (Lipinski definition) is 0. The van der Waals surface area contributed by atoms with Crippen LogP contribution in [0.2, 0.25) is 0 Å². The van der Waals surface area contributed by atoms with Crippen molar-refractivity contribution in [2.75, 3.05) is 20.2 Å². The maximum absolute atomic E-state index is 11.6. The molecule has 0 bridgehead atoms. The molecule has 0 unspecified atom stereocenters. The van der Waals surface area contributed by atoms with E-state index in [-0.39, 0.29) is 12.0 Å². The van der Waals surface area contributed by atoms with Gasteiger partial charge in [-0.3, -0.25) is 4.79 Å². The molecule has 1 atom stereocenters. The number of rotatable bonds is 3. The first-order valence-corrected chi connectivity index (χ1v) is 5.04. The third-order valence-electron chi connectivity index (χ3n) is 2.57. The predicted molar refractivity (Wildman–Crippen MR) is 51.5 cm³/mol. The third-order valence-corrected chi connectivity index (χ3v) is 2.57. The fourth-order valence-corrected chi connectivity index (χ4v) is 1.60. The van der Waals surface area contributed by atoms with E-state index in [1.807, 2.05) is 11.8 Å². The monoisotopic (exact) mass is 185 g/mol. The summed E-state index contributed by atoms with van der Waals surface area (Å²) in [6, 6.07) is 0. The number of nitrogens with zero attached hydrogens (tertiary/aromatic N) is 1. The van der Waals surface area contributed by atoms with E-state index in [0.717, 1.165) is 25.9 Å². The van der Waals surface area contributed by atoms with Crippen molar-refractivity contribution in [2.45, 2.75) is 38.7 Å². The summed E-state index contributed by atoms with van der Waals surface area (Å²) < 4.78 is 5.06. The van der Waals surface area contributed by atoms with Crippen molar-refractivity contribution in [1.29, 1.82) is 0 Å². The third kappa shape index (κ3) is 3.35. The lowest BCUT2D eigenvalue weighted by molar-refractivity contribution is -0.134. The summed E-state index contributed by atoms with van der Waals surface area (Å²) in [5, 5.41) is 0. The summed E-state index contributed by atoms with van der Waals surface area (Å²) in [6.45, 7) is 3.81. The van der Waals surface area contributed by atoms with Crippen LogP contribution >= 0.6 is 0 Å². The van der Waals surface area contributed by atoms with Crippen LogP contribution in [-0.4, -0.2) is 37.1 Å². The molecule has 0 saturated carbocycles. The molecule has 0 aromatic heterocycles. The molecule has 0 spiro atoms. The fraction of sp³-hybridized carbons (Fsp3) is 0.900. The average Bonchev–Trinajstić information content (AvgIpc) is 2.19. The van der Waals surface area contributed by atoms with Crippen molar-refractivity contribution in [2.24, 2.45) is 0 Å². The number of carbonyl (C=O) groups excluding carboxylic acids is 1. The summed E-state index contributed by atoms with van der Waals surface area (Å²) in [5.41, 5.74) is 0. The highest BCUT2D eigenvalue weighted by Gasteiger charge is 2.18. The number of methoxy groups -OCH3 is 1. The van der Waals surface area contributed by atoms with Gasteiger partial charge in [0, 0.05) is 20.2 Å². The topological polar surface area (TPSA) is 29.5 Å². The Bertz CT molecular complexity index is 164. The van der Waals surface area contributed by atoms with Gasteiger partial charge in [-0.1, -0.05) is 0 Å². The molecule has 1 saturated heterocycles. The second-order valence-electron chi connectivity index (χ2n) is 3.69. The lowest BCUT2D eigenvalue weighted by Gasteiger charge is -2.27. The number of amides is 1. The van der Waals surface area contributed by atoms with E-state index in [2.05, 4.69) is 0 Å². The summed E-state index contributed by atoms with van der Waals surface area (Å²) >= 11 is 0. The Kier molecular flexibility index (Phi) is 4.22. The van der Waals surface area contributed by atoms with Crippen LogP contribution < -0.4 is 0 Å². The molecule has 0 radical (unpaired) electrons. The second-order valence-corrected chi connectivity index (χ2v) is 3.69. The van der Waals surface area contributed by atoms with Crippen LogP contribution in [0.3, 0.4) is 0 Å². The molecule has 1 aliphatic rings. The first kappa shape index (κ1) is 10.5. The van der Waals surface area contributed by atoms with E-state index in [1.165, 1.54) is 6.42 Å². The normalized spacial score (nSPS) is 20.0. The number of ether oxygens (including phenoxy) is 1. The quantitative estimate of drug-likeness (QED) is 0.665. The van der Waals surface area contributed by atoms with Gasteiger partial charge in [-0.2, -0.15) is 0 Å². The molecule has 3 nitrogen and oxygen atoms in total. The maximum Gasteiger partial charge on any atom is 0.225 e. The smallest absolute Gasteiger partial charge is 0.225 e. The summed E-state index contributed by atoms with van der Waals surface area (Å²) in [6.07, 6.45) is 4.16. The van der Waals surface area contributed by atoms with Gasteiger partial charge in [-0.05, 0) is 26.2 Å². The van der Waals surface area contributed by atoms with Crippen LogP contribution in [0.15, 0.2) is 0 Å². The Labute approximate surface area is 80.1 Å². The second kappa shape index (κ2) is 5.22. The van der Waals surface area contributed by atoms with Gasteiger partial charge < -0.3 is 9.64 Å². The van der Waals surface area contributed by atoms with E-state index in [0.29, 0.717) is 6.42 Å². The van der Waals surface area contributed by atoms with Gasteiger partial charge in [0.15, 0.2) is 0 Å². The number of piperidine rings is 1. The molecule has 76 valence electrons. The first-order chi connectivity index (χ1) is 6.24. The van der Waals surface area contributed by atoms with E-state index in [1.54, 1.807) is 7.11 Å². The molecule has 1 heterocycles. The average molecular weight is 185 g/mol. The minimum absolute atomic E-state index is 0.0504. The maximum atomic E-state index is 11.6. The fourth-order valence-electron chi connectivity index (χ4n) is 1.60. The highest BCUT2D eigenvalue weighted by molar-refractivity contribution is 5.76. The van der Waals surface area contributed by atoms with E-state index in [9.17, 15) is 4.79 Å². The number of hydrogen-bond acceptors (Lipinski definition) is 2. The van der Waals surface area contributed by atoms with Crippen molar-refractivity contribution >= 4 is 5.91 Å². The van der Waals surface area contributed by atoms with Crippen LogP contribution in [0.25, 0.3) is 0 Å². The van der Waals surface area contributed by atoms with Crippen LogP contribution in [-0.2, 0) is 9.53 Å². The minimum atomic E-state index is 0.0504. The number of carbonyl (C=O) groups is 1. The summed E-state index contributed by atoms with van der Waals surface area (Å²) in [4.78, 5) is 13.6. The molecule has 1 fully saturated rings. The van der Waals surface area contributed by atoms with Crippen molar-refractivity contribution in [3.05, 3.63) is 0 Å². The molecule has 1 rings (SSSR count). The first-order valence-electron chi connectivity index (χ1n) is 5.04. The minimum Gasteiger partial charge on any atom is -0.381 e. The van der Waals surface area contributed by atoms with Gasteiger partial charge in [0.25, 0.3) is 0 Å². The van der Waals surface area contributed by atoms with Crippen molar-refractivity contribution < 1.29 is 9.53 Å². The Morgan fingerprint density at radius 2 is 2.00 bits per heavy atom. The van der Waals surface area contributed by atoms with Gasteiger partial charge in [-0.25, -0.2) is 0 Å². The predicted octanol–water partition coefficient (Wildman–Crippen LogP) is 1.42. The van der Waals surface area contributed by atoms with E-state index < -0.39 is 0 Å². The standard InChI is InChI=1S/C10H19NO2/c1-9(13-2)8-10(12)11-6-4-3-5-7-11/h9H,3-8H2,1-2H3/t9-/m1/s1. The molecule has 13 heavy (non-hydrogen) atoms. The molecule has 1 aliphatic heterocycles. The zero-order chi connectivity index (χ0) is 9.68. The van der Waals surface area contributed by atoms with E-state index >= 15 is 0 Å². The highest BCUT2D eigenvalue weighted by atomic mass is 16.5. The number of likely N-dealkylation sites (tertiary alicyclic amines) is 1. The Morgan fingerprint density at radius 3 is 2.54 bits per heavy atom. The molecular formula is C10H19NO2. The van der Waals surface area contributed by atoms with Crippen molar-refractivity contribution in [1.82, 2.24) is 4.90 Å². The zero-order valence-corrected chi connectivity index (χ0v) is 8.58. The highest BCUT2D eigenvalue weighted by Crippen LogP contribution is 2.11. The molecule has 0 aromatic rings. The van der Waals surface area contributed by atoms with E-state index in [4.69, 9.17) is 4.74 Å². The van der Waals surface area contributed by atoms with Gasteiger partial charge in [0.05, 0.1) is 12.5 Å². The van der Waals surface area contributed by atoms with Gasteiger partial charge in [0.1, 0.15) is 0 Å². The SMILES string of the molecule is CO[C@H](C)CC(=O)N1CCCCC1. The Hall–Kier alpha value is -0.570. The summed E-state index contributed by atoms with van der Waals surface area (Å²) in [5.74, 6) is 0.244. The van der Waals surface area contributed by atoms with Crippen molar-refractivity contribution in [3.63, 3.8) is 0 Å². The Morgan fingerprint density at radius 1 is 1.38 bits per heavy atom. The van der Waals surface area contributed by atoms with Gasteiger partial charge in [-0.15, -0.1) is 0 Å². The molecule has 0 aromatic carbocycles. The van der Waals surface area contributed by atoms with Gasteiger partial charge >= 0.3 is 0 Å². The van der Waals surface area contributed by atoms with Crippen molar-refractivity contribution in [3.8, 4) is 0 Å². The van der Waals surface area contributed by atoms with Crippen LogP contribution in [0.5, 0.6) is 0 Å².